The predicted molar refractivity (Wildman–Crippen MR) is 67.4 cm³/mol. The molecule has 0 spiro atoms. The predicted octanol–water partition coefficient (Wildman–Crippen LogP) is 0.647. The summed E-state index contributed by atoms with van der Waals surface area (Å²) in [5.41, 5.74) is 6.46. The normalized spacial score (nSPS) is 12.3. The van der Waals surface area contributed by atoms with E-state index in [1.54, 1.807) is 18.5 Å². The maximum atomic E-state index is 10.9. The number of primary amides is 1. The monoisotopic (exact) mass is 245 g/mol. The van der Waals surface area contributed by atoms with Crippen molar-refractivity contribution in [3.05, 3.63) is 41.9 Å². The second-order valence-corrected chi connectivity index (χ2v) is 3.97. The van der Waals surface area contributed by atoms with Crippen LogP contribution in [-0.4, -0.2) is 27.7 Å². The first-order valence-corrected chi connectivity index (χ1v) is 5.61. The molecule has 0 bridgehead atoms. The van der Waals surface area contributed by atoms with Gasteiger partial charge >= 0.3 is 0 Å². The molecule has 6 heteroatoms. The maximum absolute atomic E-state index is 10.9. The quantitative estimate of drug-likeness (QED) is 0.828. The third kappa shape index (κ3) is 2.38. The highest BCUT2D eigenvalue weighted by Crippen LogP contribution is 2.12. The van der Waals surface area contributed by atoms with E-state index in [2.05, 4.69) is 22.3 Å². The van der Waals surface area contributed by atoms with Crippen molar-refractivity contribution in [1.82, 2.24) is 20.1 Å². The molecule has 2 aromatic rings. The van der Waals surface area contributed by atoms with Gasteiger partial charge in [-0.1, -0.05) is 6.07 Å². The van der Waals surface area contributed by atoms with Crippen molar-refractivity contribution in [3.63, 3.8) is 0 Å². The molecule has 0 aliphatic rings. The first-order chi connectivity index (χ1) is 8.61. The highest BCUT2D eigenvalue weighted by molar-refractivity contribution is 5.90. The van der Waals surface area contributed by atoms with Crippen LogP contribution in [0.5, 0.6) is 0 Å². The van der Waals surface area contributed by atoms with Gasteiger partial charge < -0.3 is 11.1 Å². The summed E-state index contributed by atoms with van der Waals surface area (Å²) in [4.78, 5) is 15.2. The van der Waals surface area contributed by atoms with E-state index in [0.717, 1.165) is 5.56 Å². The van der Waals surface area contributed by atoms with E-state index in [9.17, 15) is 4.79 Å². The van der Waals surface area contributed by atoms with Crippen molar-refractivity contribution in [3.8, 4) is 5.82 Å². The Morgan fingerprint density at radius 2 is 2.22 bits per heavy atom. The van der Waals surface area contributed by atoms with Crippen molar-refractivity contribution in [2.24, 2.45) is 5.73 Å². The third-order valence-electron chi connectivity index (χ3n) is 2.78. The molecule has 0 aliphatic heterocycles. The molecule has 94 valence electrons. The molecule has 1 atom stereocenters. The Labute approximate surface area is 105 Å². The van der Waals surface area contributed by atoms with E-state index in [1.165, 1.54) is 4.68 Å². The van der Waals surface area contributed by atoms with Crippen molar-refractivity contribution in [2.45, 2.75) is 13.0 Å². The molecule has 0 aromatic carbocycles. The van der Waals surface area contributed by atoms with E-state index >= 15 is 0 Å². The van der Waals surface area contributed by atoms with E-state index in [-0.39, 0.29) is 11.7 Å². The molecule has 2 aromatic heterocycles. The molecule has 6 nitrogen and oxygen atoms in total. The van der Waals surface area contributed by atoms with Crippen molar-refractivity contribution in [1.29, 1.82) is 0 Å². The number of nitrogens with two attached hydrogens (primary N) is 1. The summed E-state index contributed by atoms with van der Waals surface area (Å²) >= 11 is 0. The van der Waals surface area contributed by atoms with Gasteiger partial charge in [0.05, 0.1) is 0 Å². The standard InChI is InChI=1S/C12H15N5O/c1-8(14-2)9-3-4-11(15-7-9)17-6-5-10(16-17)12(13)18/h3-8,14H,1-2H3,(H2,13,18). The summed E-state index contributed by atoms with van der Waals surface area (Å²) in [7, 11) is 1.89. The van der Waals surface area contributed by atoms with E-state index in [1.807, 2.05) is 19.2 Å². The first kappa shape index (κ1) is 12.3. The van der Waals surface area contributed by atoms with Crippen LogP contribution in [0.1, 0.15) is 29.0 Å². The average molecular weight is 245 g/mol. The molecule has 0 fully saturated rings. The number of hydrogen-bond donors (Lipinski definition) is 2. The van der Waals surface area contributed by atoms with Crippen molar-refractivity contribution >= 4 is 5.91 Å². The molecule has 18 heavy (non-hydrogen) atoms. The number of nitrogens with one attached hydrogen (secondary N) is 1. The van der Waals surface area contributed by atoms with Gasteiger partial charge in [-0.25, -0.2) is 9.67 Å². The average Bonchev–Trinajstić information content (AvgIpc) is 2.88. The number of carbonyl (C=O) groups is 1. The second-order valence-electron chi connectivity index (χ2n) is 3.97. The number of carbonyl (C=O) groups excluding carboxylic acids is 1. The summed E-state index contributed by atoms with van der Waals surface area (Å²) in [6, 6.07) is 5.62. The van der Waals surface area contributed by atoms with Gasteiger partial charge in [0, 0.05) is 18.4 Å². The number of nitrogens with zero attached hydrogens (tertiary/aromatic N) is 3. The van der Waals surface area contributed by atoms with Crippen LogP contribution in [0.4, 0.5) is 0 Å². The van der Waals surface area contributed by atoms with Gasteiger partial charge in [-0.3, -0.25) is 4.79 Å². The molecule has 0 radical (unpaired) electrons. The van der Waals surface area contributed by atoms with E-state index < -0.39 is 5.91 Å². The number of rotatable bonds is 4. The summed E-state index contributed by atoms with van der Waals surface area (Å²) in [5.74, 6) is 0.101. The minimum Gasteiger partial charge on any atom is -0.364 e. The molecule has 1 amide bonds. The second kappa shape index (κ2) is 4.97. The molecule has 2 rings (SSSR count). The van der Waals surface area contributed by atoms with E-state index in [0.29, 0.717) is 5.82 Å². The fourth-order valence-corrected chi connectivity index (χ4v) is 1.54. The fraction of sp³-hybridized carbons (Fsp3) is 0.250. The van der Waals surface area contributed by atoms with Gasteiger partial charge in [-0.2, -0.15) is 5.10 Å². The zero-order valence-electron chi connectivity index (χ0n) is 10.3. The lowest BCUT2D eigenvalue weighted by Crippen LogP contribution is -2.13. The lowest BCUT2D eigenvalue weighted by atomic mass is 10.1. The summed E-state index contributed by atoms with van der Waals surface area (Å²) in [6.07, 6.45) is 3.44. The number of pyridine rings is 1. The van der Waals surface area contributed by atoms with Crippen LogP contribution in [0.3, 0.4) is 0 Å². The summed E-state index contributed by atoms with van der Waals surface area (Å²) in [5, 5.41) is 7.17. The van der Waals surface area contributed by atoms with Crippen LogP contribution >= 0.6 is 0 Å². The summed E-state index contributed by atoms with van der Waals surface area (Å²) < 4.78 is 1.52. The molecule has 0 saturated carbocycles. The Bertz CT molecular complexity index is 546. The van der Waals surface area contributed by atoms with Crippen LogP contribution < -0.4 is 11.1 Å². The Morgan fingerprint density at radius 3 is 2.72 bits per heavy atom. The molecular weight excluding hydrogens is 230 g/mol. The van der Waals surface area contributed by atoms with Gasteiger partial charge in [-0.15, -0.1) is 0 Å². The van der Waals surface area contributed by atoms with E-state index in [4.69, 9.17) is 5.73 Å². The zero-order valence-corrected chi connectivity index (χ0v) is 10.3. The molecule has 2 heterocycles. The molecule has 0 aliphatic carbocycles. The van der Waals surface area contributed by atoms with Crippen LogP contribution in [0, 0.1) is 0 Å². The molecule has 3 N–H and O–H groups in total. The lowest BCUT2D eigenvalue weighted by Gasteiger charge is -2.10. The highest BCUT2D eigenvalue weighted by atomic mass is 16.1. The topological polar surface area (TPSA) is 85.8 Å². The fourth-order valence-electron chi connectivity index (χ4n) is 1.54. The Hall–Kier alpha value is -2.21. The molecule has 0 saturated heterocycles. The van der Waals surface area contributed by atoms with Crippen LogP contribution in [-0.2, 0) is 0 Å². The number of amides is 1. The maximum Gasteiger partial charge on any atom is 0.269 e. The Balaban J connectivity index is 2.25. The van der Waals surface area contributed by atoms with Crippen molar-refractivity contribution < 1.29 is 4.79 Å². The number of hydrogen-bond acceptors (Lipinski definition) is 4. The Kier molecular flexibility index (Phi) is 3.38. The van der Waals surface area contributed by atoms with Crippen molar-refractivity contribution in [2.75, 3.05) is 7.05 Å². The number of aromatic nitrogens is 3. The third-order valence-corrected chi connectivity index (χ3v) is 2.78. The van der Waals surface area contributed by atoms with Gasteiger partial charge in [-0.05, 0) is 31.7 Å². The molecular formula is C12H15N5O. The van der Waals surface area contributed by atoms with Gasteiger partial charge in [0.2, 0.25) is 0 Å². The van der Waals surface area contributed by atoms with Crippen LogP contribution in [0.25, 0.3) is 5.82 Å². The zero-order chi connectivity index (χ0) is 13.1. The highest BCUT2D eigenvalue weighted by Gasteiger charge is 2.07. The first-order valence-electron chi connectivity index (χ1n) is 5.61. The minimum absolute atomic E-state index is 0.226. The summed E-state index contributed by atoms with van der Waals surface area (Å²) in [6.45, 7) is 2.05. The van der Waals surface area contributed by atoms with Crippen LogP contribution in [0.2, 0.25) is 0 Å². The Morgan fingerprint density at radius 1 is 1.44 bits per heavy atom. The molecule has 1 unspecified atom stereocenters. The van der Waals surface area contributed by atoms with Gasteiger partial charge in [0.1, 0.15) is 5.69 Å². The van der Waals surface area contributed by atoms with Gasteiger partial charge in [0.15, 0.2) is 5.82 Å². The van der Waals surface area contributed by atoms with Gasteiger partial charge in [0.25, 0.3) is 5.91 Å². The SMILES string of the molecule is CNC(C)c1ccc(-n2ccc(C(N)=O)n2)nc1. The van der Waals surface area contributed by atoms with Crippen LogP contribution in [0.15, 0.2) is 30.6 Å². The lowest BCUT2D eigenvalue weighted by molar-refractivity contribution is 0.0995. The largest absolute Gasteiger partial charge is 0.364 e. The minimum atomic E-state index is -0.547. The smallest absolute Gasteiger partial charge is 0.269 e.